The number of halogens is 1. The predicted molar refractivity (Wildman–Crippen MR) is 74.8 cm³/mol. The first-order chi connectivity index (χ1) is 8.32. The van der Waals surface area contributed by atoms with Crippen LogP contribution >= 0.6 is 15.9 Å². The number of hydrogen-bond acceptors (Lipinski definition) is 3. The van der Waals surface area contributed by atoms with E-state index in [4.69, 9.17) is 5.73 Å². The van der Waals surface area contributed by atoms with E-state index in [0.717, 1.165) is 29.3 Å². The molecule has 0 bridgehead atoms. The molecular formula is C12H17BrN2O2S. The van der Waals surface area contributed by atoms with Crippen LogP contribution in [0.4, 0.5) is 0 Å². The van der Waals surface area contributed by atoms with E-state index >= 15 is 0 Å². The van der Waals surface area contributed by atoms with Crippen molar-refractivity contribution in [3.63, 3.8) is 0 Å². The second kappa shape index (κ2) is 4.92. The number of benzene rings is 1. The molecule has 0 radical (unpaired) electrons. The molecule has 1 aliphatic rings. The van der Waals surface area contributed by atoms with Gasteiger partial charge in [0.25, 0.3) is 0 Å². The van der Waals surface area contributed by atoms with E-state index < -0.39 is 10.0 Å². The van der Waals surface area contributed by atoms with Crippen molar-refractivity contribution in [3.05, 3.63) is 28.2 Å². The smallest absolute Gasteiger partial charge is 0.240 e. The fourth-order valence-corrected chi connectivity index (χ4v) is 3.38. The summed E-state index contributed by atoms with van der Waals surface area (Å²) in [5, 5.41) is 0. The van der Waals surface area contributed by atoms with E-state index in [1.807, 2.05) is 6.92 Å². The van der Waals surface area contributed by atoms with Crippen molar-refractivity contribution < 1.29 is 8.42 Å². The highest BCUT2D eigenvalue weighted by molar-refractivity contribution is 9.10. The molecule has 18 heavy (non-hydrogen) atoms. The Balaban J connectivity index is 2.12. The molecule has 1 saturated carbocycles. The van der Waals surface area contributed by atoms with Crippen LogP contribution in [0.15, 0.2) is 27.6 Å². The SMILES string of the molecule is Cc1cc(S(=O)(=O)NCC2(N)CCC2)ccc1Br. The van der Waals surface area contributed by atoms with Gasteiger partial charge < -0.3 is 5.73 Å². The van der Waals surface area contributed by atoms with Crippen LogP contribution in [0.5, 0.6) is 0 Å². The van der Waals surface area contributed by atoms with Gasteiger partial charge in [-0.3, -0.25) is 0 Å². The van der Waals surface area contributed by atoms with Crippen LogP contribution < -0.4 is 10.5 Å². The second-order valence-corrected chi connectivity index (χ2v) is 7.57. The molecule has 0 saturated heterocycles. The van der Waals surface area contributed by atoms with Crippen LogP contribution in [0.3, 0.4) is 0 Å². The van der Waals surface area contributed by atoms with Gasteiger partial charge in [-0.25, -0.2) is 13.1 Å². The molecule has 6 heteroatoms. The molecule has 0 aliphatic heterocycles. The maximum atomic E-state index is 12.1. The van der Waals surface area contributed by atoms with Crippen LogP contribution in [-0.4, -0.2) is 20.5 Å². The number of aryl methyl sites for hydroxylation is 1. The lowest BCUT2D eigenvalue weighted by Crippen LogP contribution is -2.54. The summed E-state index contributed by atoms with van der Waals surface area (Å²) in [7, 11) is -3.46. The maximum Gasteiger partial charge on any atom is 0.240 e. The Morgan fingerprint density at radius 2 is 2.11 bits per heavy atom. The Morgan fingerprint density at radius 3 is 2.61 bits per heavy atom. The quantitative estimate of drug-likeness (QED) is 0.884. The van der Waals surface area contributed by atoms with E-state index in [2.05, 4.69) is 20.7 Å². The van der Waals surface area contributed by atoms with Crippen molar-refractivity contribution in [1.29, 1.82) is 0 Å². The average Bonchev–Trinajstić information content (AvgIpc) is 2.27. The molecule has 3 N–H and O–H groups in total. The fourth-order valence-electron chi connectivity index (χ4n) is 1.91. The standard InChI is InChI=1S/C12H17BrN2O2S/c1-9-7-10(3-4-11(9)13)18(16,17)15-8-12(14)5-2-6-12/h3-4,7,15H,2,5-6,8,14H2,1H3. The van der Waals surface area contributed by atoms with E-state index in [9.17, 15) is 8.42 Å². The highest BCUT2D eigenvalue weighted by atomic mass is 79.9. The number of sulfonamides is 1. The van der Waals surface area contributed by atoms with Crippen molar-refractivity contribution in [2.24, 2.45) is 5.73 Å². The van der Waals surface area contributed by atoms with Gasteiger partial charge in [0.1, 0.15) is 0 Å². The summed E-state index contributed by atoms with van der Waals surface area (Å²) in [6, 6.07) is 4.98. The third-order valence-electron chi connectivity index (χ3n) is 3.40. The number of hydrogen-bond donors (Lipinski definition) is 2. The normalized spacial score (nSPS) is 18.4. The molecule has 0 amide bonds. The molecule has 0 atom stereocenters. The summed E-state index contributed by atoms with van der Waals surface area (Å²) in [4.78, 5) is 0.283. The number of rotatable bonds is 4. The number of nitrogens with one attached hydrogen (secondary N) is 1. The van der Waals surface area contributed by atoms with Crippen molar-refractivity contribution in [3.8, 4) is 0 Å². The first kappa shape index (κ1) is 14.0. The first-order valence-electron chi connectivity index (χ1n) is 5.87. The topological polar surface area (TPSA) is 72.2 Å². The van der Waals surface area contributed by atoms with Gasteiger partial charge in [0.05, 0.1) is 4.90 Å². The van der Waals surface area contributed by atoms with Gasteiger partial charge in [-0.05, 0) is 49.9 Å². The zero-order valence-corrected chi connectivity index (χ0v) is 12.6. The predicted octanol–water partition coefficient (Wildman–Crippen LogP) is 1.92. The van der Waals surface area contributed by atoms with Gasteiger partial charge >= 0.3 is 0 Å². The molecule has 2 rings (SSSR count). The van der Waals surface area contributed by atoms with Gasteiger partial charge in [-0.15, -0.1) is 0 Å². The molecule has 1 aromatic rings. The van der Waals surface area contributed by atoms with Crippen molar-refractivity contribution >= 4 is 26.0 Å². The van der Waals surface area contributed by atoms with Gasteiger partial charge in [-0.2, -0.15) is 0 Å². The Morgan fingerprint density at radius 1 is 1.44 bits per heavy atom. The Kier molecular flexibility index (Phi) is 3.82. The fraction of sp³-hybridized carbons (Fsp3) is 0.500. The summed E-state index contributed by atoms with van der Waals surface area (Å²) in [5.41, 5.74) is 6.55. The second-order valence-electron chi connectivity index (χ2n) is 4.95. The Hall–Kier alpha value is -0.430. The highest BCUT2D eigenvalue weighted by Gasteiger charge is 2.33. The summed E-state index contributed by atoms with van der Waals surface area (Å²) in [6.07, 6.45) is 2.85. The summed E-state index contributed by atoms with van der Waals surface area (Å²) in [6.45, 7) is 2.17. The highest BCUT2D eigenvalue weighted by Crippen LogP contribution is 2.28. The lowest BCUT2D eigenvalue weighted by molar-refractivity contribution is 0.251. The Bertz CT molecular complexity index is 553. The van der Waals surface area contributed by atoms with Crippen LogP contribution in [-0.2, 0) is 10.0 Å². The molecular weight excluding hydrogens is 316 g/mol. The molecule has 100 valence electrons. The molecule has 0 unspecified atom stereocenters. The van der Waals surface area contributed by atoms with Crippen molar-refractivity contribution in [1.82, 2.24) is 4.72 Å². The summed E-state index contributed by atoms with van der Waals surface area (Å²) >= 11 is 3.35. The minimum Gasteiger partial charge on any atom is -0.324 e. The summed E-state index contributed by atoms with van der Waals surface area (Å²) in [5.74, 6) is 0. The van der Waals surface area contributed by atoms with E-state index in [-0.39, 0.29) is 10.4 Å². The molecule has 4 nitrogen and oxygen atoms in total. The zero-order valence-electron chi connectivity index (χ0n) is 10.2. The van der Waals surface area contributed by atoms with Gasteiger partial charge in [0.2, 0.25) is 10.0 Å². The first-order valence-corrected chi connectivity index (χ1v) is 8.15. The minimum atomic E-state index is -3.46. The van der Waals surface area contributed by atoms with Gasteiger partial charge in [-0.1, -0.05) is 15.9 Å². The van der Waals surface area contributed by atoms with E-state index in [0.29, 0.717) is 6.54 Å². The lowest BCUT2D eigenvalue weighted by Gasteiger charge is -2.38. The minimum absolute atomic E-state index is 0.283. The molecule has 1 aromatic carbocycles. The molecule has 0 spiro atoms. The Labute approximate surface area is 116 Å². The maximum absolute atomic E-state index is 12.1. The third-order valence-corrected chi connectivity index (χ3v) is 5.69. The average molecular weight is 333 g/mol. The molecule has 1 aliphatic carbocycles. The van der Waals surface area contributed by atoms with Crippen LogP contribution in [0, 0.1) is 6.92 Å². The van der Waals surface area contributed by atoms with E-state index in [1.54, 1.807) is 18.2 Å². The molecule has 0 aromatic heterocycles. The molecule has 1 fully saturated rings. The van der Waals surface area contributed by atoms with Gasteiger partial charge in [0, 0.05) is 16.6 Å². The van der Waals surface area contributed by atoms with Crippen molar-refractivity contribution in [2.75, 3.05) is 6.54 Å². The van der Waals surface area contributed by atoms with E-state index in [1.165, 1.54) is 0 Å². The monoisotopic (exact) mass is 332 g/mol. The summed E-state index contributed by atoms with van der Waals surface area (Å²) < 4.78 is 27.7. The molecule has 0 heterocycles. The van der Waals surface area contributed by atoms with Crippen LogP contribution in [0.1, 0.15) is 24.8 Å². The zero-order chi connectivity index (χ0) is 13.4. The third kappa shape index (κ3) is 2.93. The van der Waals surface area contributed by atoms with Crippen LogP contribution in [0.25, 0.3) is 0 Å². The number of nitrogens with two attached hydrogens (primary N) is 1. The largest absolute Gasteiger partial charge is 0.324 e. The lowest BCUT2D eigenvalue weighted by atomic mass is 9.78. The van der Waals surface area contributed by atoms with Crippen molar-refractivity contribution in [2.45, 2.75) is 36.6 Å². The van der Waals surface area contributed by atoms with Crippen LogP contribution in [0.2, 0.25) is 0 Å². The van der Waals surface area contributed by atoms with Gasteiger partial charge in [0.15, 0.2) is 0 Å².